The van der Waals surface area contributed by atoms with E-state index in [2.05, 4.69) is 178 Å². The fraction of sp³-hybridized carbons (Fsp3) is 0.193. The standard InChI is InChI=1S/C13H11N.C9H12.C8H10.C7H8.2C5H6O.2C5H6S/c1-14-12-8-4-2-6-10(12)11-7-3-5-9-13(11)14;1-7-5-4-6-8(2)9(7)3;1-2-8-6-4-3-5-7-8;1-7-5-3-2-4-6-7;1-5-2-3-6-4-5;1-5-3-2-4-6-5;1-5-2-3-6-4-5;1-5-3-2-4-6-5/h2-9H,1H3;4-6H,1-3H3;3-7H,2H2,1H3;2-6H,1H3;4*2-4H,1H3/i;;;2D,3D,4D,5D,6D;;;;. The lowest BCUT2D eigenvalue weighted by atomic mass is 10.1. The van der Waals surface area contributed by atoms with E-state index < -0.39 is 0 Å². The summed E-state index contributed by atoms with van der Waals surface area (Å²) in [5.74, 6) is 0.968. The van der Waals surface area contributed by atoms with Crippen LogP contribution in [-0.2, 0) is 13.5 Å². The molecule has 0 saturated heterocycles. The molecule has 0 unspecified atom stereocenters. The van der Waals surface area contributed by atoms with Gasteiger partial charge in [-0.2, -0.15) is 11.3 Å². The zero-order valence-electron chi connectivity index (χ0n) is 43.0. The normalized spacial score (nSPS) is 10.6. The van der Waals surface area contributed by atoms with Crippen LogP contribution >= 0.6 is 22.7 Å². The van der Waals surface area contributed by atoms with Crippen molar-refractivity contribution in [2.45, 2.75) is 68.7 Å². The molecule has 5 aromatic carbocycles. The van der Waals surface area contributed by atoms with Gasteiger partial charge in [0.15, 0.2) is 0 Å². The van der Waals surface area contributed by atoms with Gasteiger partial charge in [0.1, 0.15) is 5.76 Å². The maximum Gasteiger partial charge on any atom is 0.100 e. The van der Waals surface area contributed by atoms with Crippen molar-refractivity contribution in [3.8, 4) is 0 Å². The quantitative estimate of drug-likeness (QED) is 0.165. The van der Waals surface area contributed by atoms with E-state index in [1.807, 2.05) is 38.1 Å². The maximum atomic E-state index is 7.31. The Labute approximate surface area is 387 Å². The smallest absolute Gasteiger partial charge is 0.100 e. The van der Waals surface area contributed by atoms with Crippen molar-refractivity contribution in [2.24, 2.45) is 7.05 Å². The van der Waals surface area contributed by atoms with Crippen LogP contribution in [0.25, 0.3) is 21.8 Å². The molecule has 0 aliphatic rings. The molecule has 0 bridgehead atoms. The van der Waals surface area contributed by atoms with Crippen LogP contribution in [-0.4, -0.2) is 4.57 Å². The SMILES string of the molecule is CCc1ccccc1.Cc1cccc(C)c1C.Cc1ccco1.Cc1cccs1.Cc1ccoc1.Cc1ccsc1.Cn1c2ccccc2c2ccccc21.[2H]c1c([2H])c([2H])c(C)c([2H])c1[2H]. The number of para-hydroxylation sites is 2. The first-order valence-corrected chi connectivity index (χ1v) is 22.4. The molecule has 322 valence electrons. The molecule has 10 aromatic rings. The molecule has 0 radical (unpaired) electrons. The molecule has 0 atom stereocenters. The average Bonchev–Trinajstić information content (AvgIpc) is 4.24. The number of hydrogen-bond donors (Lipinski definition) is 0. The van der Waals surface area contributed by atoms with E-state index in [0.717, 1.165) is 12.2 Å². The zero-order valence-corrected chi connectivity index (χ0v) is 39.6. The lowest BCUT2D eigenvalue weighted by molar-refractivity contribution is 0.534. The number of nitrogens with zero attached hydrogens (tertiary/aromatic N) is 1. The minimum absolute atomic E-state index is 0.124. The van der Waals surface area contributed by atoms with Crippen LogP contribution in [0.2, 0.25) is 0 Å². The molecule has 0 aliphatic carbocycles. The summed E-state index contributed by atoms with van der Waals surface area (Å²) in [6.45, 7) is 18.2. The van der Waals surface area contributed by atoms with E-state index in [1.54, 1.807) is 41.5 Å². The highest BCUT2D eigenvalue weighted by atomic mass is 32.1. The molecule has 0 saturated carbocycles. The lowest BCUT2D eigenvalue weighted by Crippen LogP contribution is -1.84. The van der Waals surface area contributed by atoms with Gasteiger partial charge in [0, 0.05) is 33.7 Å². The Morgan fingerprint density at radius 1 is 0.548 bits per heavy atom. The van der Waals surface area contributed by atoms with Crippen LogP contribution < -0.4 is 0 Å². The highest BCUT2D eigenvalue weighted by molar-refractivity contribution is 7.09. The summed E-state index contributed by atoms with van der Waals surface area (Å²) in [5, 5.41) is 8.96. The van der Waals surface area contributed by atoms with Crippen LogP contribution in [0.4, 0.5) is 0 Å². The molecular weight excluding hydrogens is 795 g/mol. The number of fused-ring (bicyclic) bond motifs is 3. The number of hydrogen-bond acceptors (Lipinski definition) is 4. The van der Waals surface area contributed by atoms with Crippen molar-refractivity contribution in [3.05, 3.63) is 248 Å². The van der Waals surface area contributed by atoms with Crippen molar-refractivity contribution in [3.63, 3.8) is 0 Å². The molecule has 0 N–H and O–H groups in total. The Hall–Kier alpha value is -6.14. The van der Waals surface area contributed by atoms with Crippen LogP contribution in [0.5, 0.6) is 0 Å². The molecule has 5 heteroatoms. The third-order valence-corrected chi connectivity index (χ3v) is 10.8. The van der Waals surface area contributed by atoms with Crippen molar-refractivity contribution in [1.82, 2.24) is 4.57 Å². The monoisotopic (exact) mass is 864 g/mol. The topological polar surface area (TPSA) is 31.2 Å². The summed E-state index contributed by atoms with van der Waals surface area (Å²) < 4.78 is 48.1. The summed E-state index contributed by atoms with van der Waals surface area (Å²) >= 11 is 3.52. The number of aryl methyl sites for hydroxylation is 8. The number of aromatic nitrogens is 1. The predicted octanol–water partition coefficient (Wildman–Crippen LogP) is 17.5. The second kappa shape index (κ2) is 29.2. The van der Waals surface area contributed by atoms with Gasteiger partial charge in [0.2, 0.25) is 0 Å². The van der Waals surface area contributed by atoms with Gasteiger partial charge in [0.05, 0.1) is 25.6 Å². The fourth-order valence-corrected chi connectivity index (χ4v) is 6.62. The van der Waals surface area contributed by atoms with E-state index >= 15 is 0 Å². The summed E-state index contributed by atoms with van der Waals surface area (Å²) in [7, 11) is 2.12. The van der Waals surface area contributed by atoms with Crippen molar-refractivity contribution < 1.29 is 15.7 Å². The number of thiophene rings is 2. The molecule has 0 aliphatic heterocycles. The Balaban J connectivity index is 0.000000208. The summed E-state index contributed by atoms with van der Waals surface area (Å²) in [6.07, 6.45) is 6.17. The minimum atomic E-state index is -0.337. The first-order chi connectivity index (χ1) is 32.1. The van der Waals surface area contributed by atoms with Gasteiger partial charge in [-0.1, -0.05) is 134 Å². The highest BCUT2D eigenvalue weighted by Gasteiger charge is 2.05. The van der Waals surface area contributed by atoms with Crippen LogP contribution in [0, 0.1) is 55.4 Å². The lowest BCUT2D eigenvalue weighted by Gasteiger charge is -2.00. The zero-order chi connectivity index (χ0) is 49.3. The van der Waals surface area contributed by atoms with Gasteiger partial charge in [0.25, 0.3) is 0 Å². The summed E-state index contributed by atoms with van der Waals surface area (Å²) in [5.41, 5.74) is 11.0. The predicted molar refractivity (Wildman–Crippen MR) is 273 cm³/mol. The molecule has 3 nitrogen and oxygen atoms in total. The van der Waals surface area contributed by atoms with Crippen molar-refractivity contribution in [1.29, 1.82) is 0 Å². The molecule has 0 spiro atoms. The third kappa shape index (κ3) is 19.5. The van der Waals surface area contributed by atoms with E-state index in [1.165, 1.54) is 67.0 Å². The second-order valence-corrected chi connectivity index (χ2v) is 16.2. The van der Waals surface area contributed by atoms with E-state index in [-0.39, 0.29) is 30.2 Å². The molecular formula is C57H65NO2S2. The van der Waals surface area contributed by atoms with Gasteiger partial charge >= 0.3 is 0 Å². The first-order valence-electron chi connectivity index (χ1n) is 23.1. The number of benzene rings is 5. The highest BCUT2D eigenvalue weighted by Crippen LogP contribution is 2.27. The Morgan fingerprint density at radius 2 is 1.16 bits per heavy atom. The van der Waals surface area contributed by atoms with Gasteiger partial charge in [-0.3, -0.25) is 0 Å². The van der Waals surface area contributed by atoms with Crippen molar-refractivity contribution >= 4 is 44.5 Å². The summed E-state index contributed by atoms with van der Waals surface area (Å²) in [4.78, 5) is 1.38. The van der Waals surface area contributed by atoms with Crippen LogP contribution in [0.1, 0.15) is 63.4 Å². The van der Waals surface area contributed by atoms with E-state index in [4.69, 9.17) is 15.7 Å². The van der Waals surface area contributed by atoms with Gasteiger partial charge in [-0.25, -0.2) is 0 Å². The van der Waals surface area contributed by atoms with Gasteiger partial charge in [-0.05, 0) is 154 Å². The molecule has 62 heavy (non-hydrogen) atoms. The van der Waals surface area contributed by atoms with Crippen LogP contribution in [0.15, 0.2) is 207 Å². The molecule has 5 heterocycles. The Kier molecular flexibility index (Phi) is 20.0. The van der Waals surface area contributed by atoms with Crippen molar-refractivity contribution in [2.75, 3.05) is 0 Å². The molecule has 0 amide bonds. The number of furan rings is 2. The average molecular weight is 865 g/mol. The van der Waals surface area contributed by atoms with Gasteiger partial charge < -0.3 is 13.4 Å². The van der Waals surface area contributed by atoms with Gasteiger partial charge in [-0.15, -0.1) is 11.3 Å². The largest absolute Gasteiger partial charge is 0.472 e. The van der Waals surface area contributed by atoms with E-state index in [9.17, 15) is 0 Å². The third-order valence-electron chi connectivity index (χ3n) is 9.23. The number of rotatable bonds is 1. The Bertz CT molecular complexity index is 2560. The minimum Gasteiger partial charge on any atom is -0.472 e. The Morgan fingerprint density at radius 3 is 1.50 bits per heavy atom. The summed E-state index contributed by atoms with van der Waals surface area (Å²) in [6, 6.07) is 44.7. The fourth-order valence-electron chi connectivity index (χ4n) is 5.43. The molecule has 5 aromatic heterocycles. The molecule has 0 fully saturated rings. The van der Waals surface area contributed by atoms with E-state index in [0.29, 0.717) is 5.56 Å². The van der Waals surface area contributed by atoms with Crippen LogP contribution in [0.3, 0.4) is 0 Å². The second-order valence-electron chi connectivity index (χ2n) is 14.2. The first kappa shape index (κ1) is 42.5. The maximum absolute atomic E-state index is 7.31. The molecule has 10 rings (SSSR count).